The van der Waals surface area contributed by atoms with Crippen molar-refractivity contribution in [3.63, 3.8) is 0 Å². The predicted molar refractivity (Wildman–Crippen MR) is 154 cm³/mol. The molecule has 0 unspecified atom stereocenters. The van der Waals surface area contributed by atoms with Crippen LogP contribution in [0.5, 0.6) is 0 Å². The Morgan fingerprint density at radius 1 is 0.927 bits per heavy atom. The number of para-hydroxylation sites is 1. The van der Waals surface area contributed by atoms with Gasteiger partial charge in [0.15, 0.2) is 6.61 Å². The number of carbonyl (C=O) groups is 2. The maximum Gasteiger partial charge on any atom is 0.338 e. The number of ether oxygens (including phenoxy) is 1. The second kappa shape index (κ2) is 11.8. The summed E-state index contributed by atoms with van der Waals surface area (Å²) in [6.45, 7) is -0.895. The molecule has 0 aliphatic rings. The summed E-state index contributed by atoms with van der Waals surface area (Å²) >= 11 is 6.31. The molecule has 11 nitrogen and oxygen atoms in total. The molecule has 212 valence electrons. The molecule has 2 N–H and O–H groups in total. The summed E-state index contributed by atoms with van der Waals surface area (Å²) < 4.78 is 35.7. The second-order valence-corrected chi connectivity index (χ2v) is 11.2. The standard InChI is InChI=1S/C28H25ClN4O7S/c1-31-25(30)24(26(35)32(2)28(31)37)22(34)17-40-27(36)19-13-14-21(29)23(15-19)41(38,39)33(20-11-7-4-8-12-20)16-18-9-5-3-6-10-18/h3-15H,16-17,30H2,1-2H3. The molecular formula is C28H25ClN4O7S. The molecule has 1 heterocycles. The largest absolute Gasteiger partial charge is 0.454 e. The number of benzene rings is 3. The molecule has 3 aromatic carbocycles. The minimum atomic E-state index is -4.30. The number of hydrogen-bond acceptors (Lipinski definition) is 8. The Morgan fingerprint density at radius 2 is 1.54 bits per heavy atom. The molecule has 4 rings (SSSR count). The number of esters is 1. The summed E-state index contributed by atoms with van der Waals surface area (Å²) in [5.41, 5.74) is 4.50. The number of nitrogen functional groups attached to an aromatic ring is 1. The van der Waals surface area contributed by atoms with Gasteiger partial charge in [-0.25, -0.2) is 18.0 Å². The highest BCUT2D eigenvalue weighted by atomic mass is 35.5. The van der Waals surface area contributed by atoms with Crippen LogP contribution >= 0.6 is 11.6 Å². The van der Waals surface area contributed by atoms with Crippen LogP contribution < -0.4 is 21.3 Å². The average Bonchev–Trinajstić information content (AvgIpc) is 2.97. The monoisotopic (exact) mass is 596 g/mol. The Kier molecular flexibility index (Phi) is 8.45. The maximum absolute atomic E-state index is 13.9. The lowest BCUT2D eigenvalue weighted by Gasteiger charge is -2.25. The van der Waals surface area contributed by atoms with E-state index in [-0.39, 0.29) is 27.8 Å². The van der Waals surface area contributed by atoms with Crippen molar-refractivity contribution in [3.05, 3.63) is 121 Å². The molecule has 0 saturated carbocycles. The summed E-state index contributed by atoms with van der Waals surface area (Å²) in [7, 11) is -1.84. The molecule has 0 radical (unpaired) electrons. The molecule has 13 heteroatoms. The van der Waals surface area contributed by atoms with Gasteiger partial charge in [0.25, 0.3) is 15.6 Å². The van der Waals surface area contributed by atoms with Crippen molar-refractivity contribution >= 4 is 44.9 Å². The van der Waals surface area contributed by atoms with Gasteiger partial charge in [0.1, 0.15) is 16.3 Å². The van der Waals surface area contributed by atoms with E-state index in [0.29, 0.717) is 15.8 Å². The average molecular weight is 597 g/mol. The summed E-state index contributed by atoms with van der Waals surface area (Å²) in [5, 5.41) is -0.131. The van der Waals surface area contributed by atoms with E-state index in [9.17, 15) is 27.6 Å². The minimum Gasteiger partial charge on any atom is -0.454 e. The van der Waals surface area contributed by atoms with Gasteiger partial charge >= 0.3 is 11.7 Å². The van der Waals surface area contributed by atoms with Crippen LogP contribution in [0.1, 0.15) is 26.3 Å². The van der Waals surface area contributed by atoms with Gasteiger partial charge in [0, 0.05) is 14.1 Å². The van der Waals surface area contributed by atoms with Crippen molar-refractivity contribution in [2.45, 2.75) is 11.4 Å². The van der Waals surface area contributed by atoms with Crippen molar-refractivity contribution in [3.8, 4) is 0 Å². The fourth-order valence-corrected chi connectivity index (χ4v) is 5.97. The van der Waals surface area contributed by atoms with E-state index in [1.165, 1.54) is 30.5 Å². The Labute approximate surface area is 240 Å². The minimum absolute atomic E-state index is 0.0113. The highest BCUT2D eigenvalue weighted by molar-refractivity contribution is 7.93. The van der Waals surface area contributed by atoms with Gasteiger partial charge in [-0.3, -0.25) is 23.0 Å². The number of carbonyl (C=O) groups excluding carboxylic acids is 2. The van der Waals surface area contributed by atoms with E-state index in [4.69, 9.17) is 22.1 Å². The Morgan fingerprint density at radius 3 is 2.17 bits per heavy atom. The highest BCUT2D eigenvalue weighted by Gasteiger charge is 2.29. The van der Waals surface area contributed by atoms with Crippen molar-refractivity contribution in [2.24, 2.45) is 14.1 Å². The molecular weight excluding hydrogens is 572 g/mol. The molecule has 0 saturated heterocycles. The van der Waals surface area contributed by atoms with Crippen LogP contribution in [0.4, 0.5) is 11.5 Å². The number of ketones is 1. The number of sulfonamides is 1. The Hall–Kier alpha value is -4.68. The number of nitrogens with zero attached hydrogens (tertiary/aromatic N) is 3. The van der Waals surface area contributed by atoms with E-state index in [0.717, 1.165) is 10.6 Å². The first-order chi connectivity index (χ1) is 19.4. The summed E-state index contributed by atoms with van der Waals surface area (Å²) in [6, 6.07) is 20.9. The number of anilines is 2. The molecule has 0 spiro atoms. The van der Waals surface area contributed by atoms with Gasteiger partial charge in [-0.1, -0.05) is 60.1 Å². The van der Waals surface area contributed by atoms with E-state index in [2.05, 4.69) is 0 Å². The molecule has 0 aliphatic carbocycles. The van der Waals surface area contributed by atoms with E-state index in [1.807, 2.05) is 6.07 Å². The predicted octanol–water partition coefficient (Wildman–Crippen LogP) is 2.75. The number of nitrogens with two attached hydrogens (primary N) is 1. The number of halogens is 1. The number of hydrogen-bond donors (Lipinski definition) is 1. The third-order valence-corrected chi connectivity index (χ3v) is 8.53. The molecule has 0 atom stereocenters. The van der Waals surface area contributed by atoms with Crippen LogP contribution in [-0.4, -0.2) is 35.9 Å². The molecule has 41 heavy (non-hydrogen) atoms. The van der Waals surface area contributed by atoms with Gasteiger partial charge in [0.05, 0.1) is 22.8 Å². The first-order valence-corrected chi connectivity index (χ1v) is 13.9. The third-order valence-electron chi connectivity index (χ3n) is 6.27. The smallest absolute Gasteiger partial charge is 0.338 e. The second-order valence-electron chi connectivity index (χ2n) is 8.94. The summed E-state index contributed by atoms with van der Waals surface area (Å²) in [4.78, 5) is 49.7. The van der Waals surface area contributed by atoms with Crippen molar-refractivity contribution in [1.29, 1.82) is 0 Å². The third kappa shape index (κ3) is 5.93. The zero-order valence-corrected chi connectivity index (χ0v) is 23.6. The first kappa shape index (κ1) is 29.3. The molecule has 0 fully saturated rings. The van der Waals surface area contributed by atoms with Crippen LogP contribution in [0.3, 0.4) is 0 Å². The first-order valence-electron chi connectivity index (χ1n) is 12.1. The number of Topliss-reactive ketones (excluding diaryl/α,β-unsaturated/α-hetero) is 1. The van der Waals surface area contributed by atoms with Crippen LogP contribution in [0.25, 0.3) is 0 Å². The van der Waals surface area contributed by atoms with Gasteiger partial charge in [-0.05, 0) is 35.9 Å². The SMILES string of the molecule is Cn1c(N)c(C(=O)COC(=O)c2ccc(Cl)c(S(=O)(=O)N(Cc3ccccc3)c3ccccc3)c2)c(=O)n(C)c1=O. The fraction of sp³-hybridized carbons (Fsp3) is 0.143. The number of aromatic nitrogens is 2. The van der Waals surface area contributed by atoms with Crippen molar-refractivity contribution < 1.29 is 22.7 Å². The van der Waals surface area contributed by atoms with Gasteiger partial charge in [0.2, 0.25) is 5.78 Å². The van der Waals surface area contributed by atoms with Crippen LogP contribution in [0.2, 0.25) is 5.02 Å². The van der Waals surface area contributed by atoms with Crippen molar-refractivity contribution in [1.82, 2.24) is 9.13 Å². The Bertz CT molecular complexity index is 1850. The molecule has 0 aliphatic heterocycles. The van der Waals surface area contributed by atoms with Gasteiger partial charge in [-0.15, -0.1) is 0 Å². The molecule has 0 bridgehead atoms. The van der Waals surface area contributed by atoms with Gasteiger partial charge in [-0.2, -0.15) is 0 Å². The van der Waals surface area contributed by atoms with Crippen LogP contribution in [0, 0.1) is 0 Å². The lowest BCUT2D eigenvalue weighted by atomic mass is 10.2. The highest BCUT2D eigenvalue weighted by Crippen LogP contribution is 2.31. The van der Waals surface area contributed by atoms with E-state index in [1.54, 1.807) is 54.6 Å². The van der Waals surface area contributed by atoms with Crippen molar-refractivity contribution in [2.75, 3.05) is 16.6 Å². The quantitative estimate of drug-likeness (QED) is 0.229. The number of rotatable bonds is 9. The zero-order valence-electron chi connectivity index (χ0n) is 22.0. The maximum atomic E-state index is 13.9. The lowest BCUT2D eigenvalue weighted by Crippen LogP contribution is -2.42. The molecule has 1 aromatic heterocycles. The normalized spacial score (nSPS) is 11.2. The summed E-state index contributed by atoms with van der Waals surface area (Å²) in [5.74, 6) is -2.36. The topological polar surface area (TPSA) is 151 Å². The summed E-state index contributed by atoms with van der Waals surface area (Å²) in [6.07, 6.45) is 0. The Balaban J connectivity index is 1.64. The lowest BCUT2D eigenvalue weighted by molar-refractivity contribution is 0.0474. The molecule has 4 aromatic rings. The van der Waals surface area contributed by atoms with Gasteiger partial charge < -0.3 is 10.5 Å². The molecule has 0 amide bonds. The zero-order chi connectivity index (χ0) is 29.9. The fourth-order valence-electron chi connectivity index (χ4n) is 4.01. The van der Waals surface area contributed by atoms with Crippen LogP contribution in [0.15, 0.2) is 93.3 Å². The van der Waals surface area contributed by atoms with Crippen LogP contribution in [-0.2, 0) is 35.4 Å². The van der Waals surface area contributed by atoms with E-state index >= 15 is 0 Å². The van der Waals surface area contributed by atoms with E-state index < -0.39 is 45.2 Å².